The quantitative estimate of drug-likeness (QED) is 0.626. The van der Waals surface area contributed by atoms with Crippen LogP contribution in [-0.4, -0.2) is 11.8 Å². The number of halogens is 3. The average molecular weight is 328 g/mol. The van der Waals surface area contributed by atoms with Gasteiger partial charge >= 0.3 is 0 Å². The van der Waals surface area contributed by atoms with Gasteiger partial charge in [0.1, 0.15) is 0 Å². The van der Waals surface area contributed by atoms with Crippen LogP contribution in [0, 0.1) is 6.92 Å². The Morgan fingerprint density at radius 2 is 1.50 bits per heavy atom. The van der Waals surface area contributed by atoms with Crippen molar-refractivity contribution < 1.29 is 0 Å². The molecule has 0 radical (unpaired) electrons. The fraction of sp³-hybridized carbons (Fsp3) is 0.294. The van der Waals surface area contributed by atoms with Gasteiger partial charge in [0.05, 0.1) is 0 Å². The fourth-order valence-electron chi connectivity index (χ4n) is 2.36. The van der Waals surface area contributed by atoms with Gasteiger partial charge in [-0.25, -0.2) is 0 Å². The predicted octanol–water partition coefficient (Wildman–Crippen LogP) is 5.61. The number of rotatable bonds is 5. The maximum absolute atomic E-state index is 6.34. The van der Waals surface area contributed by atoms with Crippen LogP contribution in [0.15, 0.2) is 48.5 Å². The summed E-state index contributed by atoms with van der Waals surface area (Å²) in [6.45, 7) is 2.08. The lowest BCUT2D eigenvalue weighted by molar-refractivity contribution is 0.536. The molecule has 0 aliphatic rings. The maximum Gasteiger partial charge on any atom is 0.0444 e. The summed E-state index contributed by atoms with van der Waals surface area (Å²) in [5, 5.41) is 0.723. The summed E-state index contributed by atoms with van der Waals surface area (Å²) in [7, 11) is 0. The summed E-state index contributed by atoms with van der Waals surface area (Å²) in [5.74, 6) is 0.877. The molecule has 3 heteroatoms. The van der Waals surface area contributed by atoms with Gasteiger partial charge in [0.25, 0.3) is 0 Å². The summed E-state index contributed by atoms with van der Waals surface area (Å²) in [4.78, 5) is 0. The van der Waals surface area contributed by atoms with Crippen LogP contribution in [0.25, 0.3) is 0 Å². The van der Waals surface area contributed by atoms with E-state index in [1.54, 1.807) is 0 Å². The third kappa shape index (κ3) is 3.31. The number of hydrogen-bond donors (Lipinski definition) is 0. The Kier molecular flexibility index (Phi) is 5.37. The topological polar surface area (TPSA) is 0 Å². The molecule has 0 nitrogen and oxygen atoms in total. The first kappa shape index (κ1) is 15.7. The molecular formula is C17H17Cl3. The second-order valence-corrected chi connectivity index (χ2v) is 6.13. The Hall–Kier alpha value is -0.690. The minimum Gasteiger partial charge on any atom is -0.126 e. The van der Waals surface area contributed by atoms with Crippen LogP contribution in [-0.2, 0) is 11.8 Å². The Bertz CT molecular complexity index is 557. The molecule has 106 valence electrons. The van der Waals surface area contributed by atoms with E-state index in [0.717, 1.165) is 17.0 Å². The lowest BCUT2D eigenvalue weighted by atomic mass is 9.78. The van der Waals surface area contributed by atoms with Gasteiger partial charge in [0.15, 0.2) is 0 Å². The van der Waals surface area contributed by atoms with Gasteiger partial charge in [-0.3, -0.25) is 0 Å². The molecule has 0 N–H and O–H groups in total. The average Bonchev–Trinajstić information content (AvgIpc) is 2.48. The molecule has 0 spiro atoms. The van der Waals surface area contributed by atoms with E-state index in [1.165, 1.54) is 11.1 Å². The SMILES string of the molecule is Cc1ccc(CC(CCl)(CCl)c2ccccc2Cl)cc1. The summed E-state index contributed by atoms with van der Waals surface area (Å²) in [6.07, 6.45) is 0.782. The standard InChI is InChI=1S/C17H17Cl3/c1-13-6-8-14(9-7-13)10-17(11-18,12-19)15-4-2-3-5-16(15)20/h2-9H,10-12H2,1H3. The second-order valence-electron chi connectivity index (χ2n) is 5.19. The summed E-state index contributed by atoms with van der Waals surface area (Å²) in [5.41, 5.74) is 3.15. The highest BCUT2D eigenvalue weighted by Gasteiger charge is 2.32. The summed E-state index contributed by atoms with van der Waals surface area (Å²) >= 11 is 18.9. The van der Waals surface area contributed by atoms with Gasteiger partial charge in [0, 0.05) is 22.2 Å². The molecule has 0 saturated carbocycles. The highest BCUT2D eigenvalue weighted by Crippen LogP contribution is 2.36. The van der Waals surface area contributed by atoms with Gasteiger partial charge < -0.3 is 0 Å². The van der Waals surface area contributed by atoms with E-state index in [2.05, 4.69) is 31.2 Å². The molecule has 2 aromatic rings. The van der Waals surface area contributed by atoms with Crippen LogP contribution in [0.2, 0.25) is 5.02 Å². The van der Waals surface area contributed by atoms with Crippen LogP contribution in [0.1, 0.15) is 16.7 Å². The van der Waals surface area contributed by atoms with Crippen molar-refractivity contribution >= 4 is 34.8 Å². The van der Waals surface area contributed by atoms with Crippen molar-refractivity contribution in [2.45, 2.75) is 18.8 Å². The van der Waals surface area contributed by atoms with Gasteiger partial charge in [-0.2, -0.15) is 0 Å². The van der Waals surface area contributed by atoms with Crippen molar-refractivity contribution in [3.8, 4) is 0 Å². The van der Waals surface area contributed by atoms with E-state index in [1.807, 2.05) is 24.3 Å². The zero-order chi connectivity index (χ0) is 14.6. The van der Waals surface area contributed by atoms with Crippen molar-refractivity contribution in [2.75, 3.05) is 11.8 Å². The molecule has 0 bridgehead atoms. The van der Waals surface area contributed by atoms with Crippen LogP contribution in [0.3, 0.4) is 0 Å². The Balaban J connectivity index is 2.39. The first-order valence-corrected chi connectivity index (χ1v) is 7.98. The van der Waals surface area contributed by atoms with Gasteiger partial charge in [-0.15, -0.1) is 23.2 Å². The summed E-state index contributed by atoms with van der Waals surface area (Å²) < 4.78 is 0. The molecule has 2 aromatic carbocycles. The van der Waals surface area contributed by atoms with Crippen LogP contribution in [0.4, 0.5) is 0 Å². The van der Waals surface area contributed by atoms with Crippen molar-refractivity contribution in [2.24, 2.45) is 0 Å². The monoisotopic (exact) mass is 326 g/mol. The minimum absolute atomic E-state index is 0.337. The predicted molar refractivity (Wildman–Crippen MR) is 89.5 cm³/mol. The lowest BCUT2D eigenvalue weighted by Crippen LogP contribution is -2.33. The Labute approximate surface area is 135 Å². The molecule has 0 amide bonds. The number of aryl methyl sites for hydroxylation is 1. The van der Waals surface area contributed by atoms with Crippen molar-refractivity contribution in [1.82, 2.24) is 0 Å². The van der Waals surface area contributed by atoms with Crippen LogP contribution < -0.4 is 0 Å². The molecular weight excluding hydrogens is 311 g/mol. The highest BCUT2D eigenvalue weighted by molar-refractivity contribution is 6.32. The highest BCUT2D eigenvalue weighted by atomic mass is 35.5. The molecule has 2 rings (SSSR count). The van der Waals surface area contributed by atoms with Gasteiger partial charge in [-0.1, -0.05) is 59.6 Å². The number of hydrogen-bond acceptors (Lipinski definition) is 0. The fourth-order valence-corrected chi connectivity index (χ4v) is 3.46. The third-order valence-corrected chi connectivity index (χ3v) is 4.97. The normalized spacial score (nSPS) is 11.6. The molecule has 0 unspecified atom stereocenters. The zero-order valence-electron chi connectivity index (χ0n) is 11.4. The number of benzene rings is 2. The molecule has 20 heavy (non-hydrogen) atoms. The number of alkyl halides is 2. The van der Waals surface area contributed by atoms with Gasteiger partial charge in [0.2, 0.25) is 0 Å². The van der Waals surface area contributed by atoms with Crippen molar-refractivity contribution in [3.63, 3.8) is 0 Å². The molecule has 0 aliphatic heterocycles. The van der Waals surface area contributed by atoms with Gasteiger partial charge in [-0.05, 0) is 30.5 Å². The van der Waals surface area contributed by atoms with E-state index in [9.17, 15) is 0 Å². The molecule has 0 aliphatic carbocycles. The Morgan fingerprint density at radius 1 is 0.900 bits per heavy atom. The summed E-state index contributed by atoms with van der Waals surface area (Å²) in [6, 6.07) is 16.3. The molecule has 0 heterocycles. The van der Waals surface area contributed by atoms with Crippen molar-refractivity contribution in [1.29, 1.82) is 0 Å². The van der Waals surface area contributed by atoms with Crippen LogP contribution in [0.5, 0.6) is 0 Å². The smallest absolute Gasteiger partial charge is 0.0444 e. The molecule has 0 saturated heterocycles. The first-order chi connectivity index (χ1) is 9.61. The molecule has 0 fully saturated rings. The minimum atomic E-state index is -0.337. The van der Waals surface area contributed by atoms with E-state index >= 15 is 0 Å². The van der Waals surface area contributed by atoms with Crippen LogP contribution >= 0.6 is 34.8 Å². The maximum atomic E-state index is 6.34. The van der Waals surface area contributed by atoms with E-state index in [0.29, 0.717) is 11.8 Å². The van der Waals surface area contributed by atoms with Crippen molar-refractivity contribution in [3.05, 3.63) is 70.2 Å². The largest absolute Gasteiger partial charge is 0.126 e. The first-order valence-electron chi connectivity index (χ1n) is 6.54. The zero-order valence-corrected chi connectivity index (χ0v) is 13.6. The van der Waals surface area contributed by atoms with E-state index in [4.69, 9.17) is 34.8 Å². The Morgan fingerprint density at radius 3 is 2.05 bits per heavy atom. The molecule has 0 aromatic heterocycles. The second kappa shape index (κ2) is 6.85. The van der Waals surface area contributed by atoms with E-state index < -0.39 is 0 Å². The molecule has 0 atom stereocenters. The third-order valence-electron chi connectivity index (χ3n) is 3.62. The van der Waals surface area contributed by atoms with E-state index in [-0.39, 0.29) is 5.41 Å². The lowest BCUT2D eigenvalue weighted by Gasteiger charge is -2.31.